The number of fused-ring (bicyclic) bond motifs is 4. The monoisotopic (exact) mass is 498 g/mol. The fourth-order valence-electron chi connectivity index (χ4n) is 5.01. The van der Waals surface area contributed by atoms with Gasteiger partial charge < -0.3 is 4.42 Å². The van der Waals surface area contributed by atoms with E-state index in [1.165, 1.54) is 11.1 Å². The predicted molar refractivity (Wildman–Crippen MR) is 152 cm³/mol. The van der Waals surface area contributed by atoms with Gasteiger partial charge in [-0.25, -0.2) is 9.20 Å². The molecule has 0 radical (unpaired) electrons. The Balaban J connectivity index is 1.38. The highest BCUT2D eigenvalue weighted by Gasteiger charge is 2.22. The number of benzene rings is 5. The average Bonchev–Trinajstić information content (AvgIpc) is 3.31. The molecule has 1 unspecified atom stereocenters. The van der Waals surface area contributed by atoms with Crippen molar-refractivity contribution in [1.82, 2.24) is 0 Å². The first-order valence-corrected chi connectivity index (χ1v) is 14.0. The number of para-hydroxylation sites is 1. The normalized spacial score (nSPS) is 16.8. The fraction of sp³-hybridized carbons (Fsp3) is 0.0312. The molecule has 0 saturated heterocycles. The molecule has 178 valence electrons. The number of hydrogen-bond donors (Lipinski definition) is 0. The molecule has 7 rings (SSSR count). The molecule has 2 heterocycles. The zero-order valence-corrected chi connectivity index (χ0v) is 20.9. The van der Waals surface area contributed by atoms with Gasteiger partial charge in [-0.05, 0) is 52.6 Å². The van der Waals surface area contributed by atoms with Crippen LogP contribution < -0.4 is 0 Å². The third-order valence-corrected chi connectivity index (χ3v) is 8.50. The summed E-state index contributed by atoms with van der Waals surface area (Å²) in [5.74, 6) is 0.470. The zero-order valence-electron chi connectivity index (χ0n) is 20.1. The molecule has 37 heavy (non-hydrogen) atoms. The van der Waals surface area contributed by atoms with Crippen LogP contribution in [0.15, 0.2) is 134 Å². The number of hydrogen-bond acceptors (Lipinski definition) is 4. The maximum Gasteiger partial charge on any atom is 0.170 e. The SMILES string of the molecule is CS1(=O)=NC(c2cccc3oc4ccc(-c5ccc(-c6ccccc6)cc5)cc4c23)=Nc2ccccc21. The smallest absolute Gasteiger partial charge is 0.170 e. The van der Waals surface area contributed by atoms with E-state index in [0.717, 1.165) is 38.6 Å². The lowest BCUT2D eigenvalue weighted by Crippen LogP contribution is -2.09. The molecule has 5 aromatic carbocycles. The molecule has 1 aliphatic rings. The van der Waals surface area contributed by atoms with Crippen molar-refractivity contribution in [2.45, 2.75) is 4.90 Å². The standard InChI is InChI=1S/C32H22N2O2S/c1-37(35)30-13-6-5-11-27(30)33-32(34-37)25-10-7-12-29-31(25)26-20-24(18-19-28(26)36-29)23-16-14-22(15-17-23)21-8-3-2-4-9-21/h2-20H,1H3. The highest BCUT2D eigenvalue weighted by molar-refractivity contribution is 7.93. The Kier molecular flexibility index (Phi) is 4.88. The summed E-state index contributed by atoms with van der Waals surface area (Å²) in [7, 11) is -2.61. The summed E-state index contributed by atoms with van der Waals surface area (Å²) in [6.45, 7) is 0. The number of furan rings is 1. The predicted octanol–water partition coefficient (Wildman–Crippen LogP) is 8.47. The summed E-state index contributed by atoms with van der Waals surface area (Å²) in [5, 5.41) is 1.91. The minimum atomic E-state index is -2.61. The van der Waals surface area contributed by atoms with Gasteiger partial charge in [0.1, 0.15) is 11.2 Å². The van der Waals surface area contributed by atoms with Crippen LogP contribution in [0.4, 0.5) is 5.69 Å². The van der Waals surface area contributed by atoms with Gasteiger partial charge in [0.2, 0.25) is 0 Å². The van der Waals surface area contributed by atoms with Crippen molar-refractivity contribution in [2.75, 3.05) is 6.26 Å². The van der Waals surface area contributed by atoms with Crippen molar-refractivity contribution >= 4 is 43.2 Å². The molecule has 0 bridgehead atoms. The molecule has 1 atom stereocenters. The molecule has 6 aromatic rings. The van der Waals surface area contributed by atoms with Crippen molar-refractivity contribution in [1.29, 1.82) is 0 Å². The summed E-state index contributed by atoms with van der Waals surface area (Å²) >= 11 is 0. The van der Waals surface area contributed by atoms with Gasteiger partial charge in [-0.1, -0.05) is 84.9 Å². The van der Waals surface area contributed by atoms with E-state index in [1.807, 2.05) is 54.6 Å². The van der Waals surface area contributed by atoms with Crippen molar-refractivity contribution in [3.8, 4) is 22.3 Å². The molecule has 5 heteroatoms. The van der Waals surface area contributed by atoms with E-state index in [0.29, 0.717) is 16.4 Å². The van der Waals surface area contributed by atoms with Crippen LogP contribution in [0, 0.1) is 0 Å². The second kappa shape index (κ2) is 8.29. The number of aliphatic imine (C=N–C) groups is 1. The van der Waals surface area contributed by atoms with Crippen molar-refractivity contribution in [3.05, 3.63) is 121 Å². The minimum Gasteiger partial charge on any atom is -0.456 e. The van der Waals surface area contributed by atoms with Crippen molar-refractivity contribution in [2.24, 2.45) is 9.36 Å². The van der Waals surface area contributed by atoms with Gasteiger partial charge >= 0.3 is 0 Å². The first-order valence-electron chi connectivity index (χ1n) is 12.1. The van der Waals surface area contributed by atoms with Crippen LogP contribution in [0.5, 0.6) is 0 Å². The minimum absolute atomic E-state index is 0.470. The number of nitrogens with zero attached hydrogens (tertiary/aromatic N) is 2. The van der Waals surface area contributed by atoms with Gasteiger partial charge in [-0.3, -0.25) is 0 Å². The molecular formula is C32H22N2O2S. The van der Waals surface area contributed by atoms with Gasteiger partial charge in [0.15, 0.2) is 5.84 Å². The van der Waals surface area contributed by atoms with E-state index in [4.69, 9.17) is 9.41 Å². The molecule has 4 nitrogen and oxygen atoms in total. The molecule has 0 fully saturated rings. The van der Waals surface area contributed by atoms with Gasteiger partial charge in [0, 0.05) is 22.6 Å². The summed E-state index contributed by atoms with van der Waals surface area (Å²) < 4.78 is 24.3. The molecule has 0 amide bonds. The van der Waals surface area contributed by atoms with Gasteiger partial charge in [0.05, 0.1) is 20.3 Å². The van der Waals surface area contributed by atoms with Crippen molar-refractivity contribution < 1.29 is 8.63 Å². The van der Waals surface area contributed by atoms with E-state index in [-0.39, 0.29) is 0 Å². The summed E-state index contributed by atoms with van der Waals surface area (Å²) in [6.07, 6.45) is 1.67. The fourth-order valence-corrected chi connectivity index (χ4v) is 6.41. The molecule has 1 aromatic heterocycles. The maximum absolute atomic E-state index is 13.4. The molecule has 0 saturated carbocycles. The van der Waals surface area contributed by atoms with Crippen LogP contribution in [0.3, 0.4) is 0 Å². The molecule has 0 spiro atoms. The Morgan fingerprint density at radius 2 is 1.32 bits per heavy atom. The Labute approximate surface area is 215 Å². The lowest BCUT2D eigenvalue weighted by molar-refractivity contribution is 0.669. The quantitative estimate of drug-likeness (QED) is 0.246. The Hall–Kier alpha value is -4.48. The maximum atomic E-state index is 13.4. The largest absolute Gasteiger partial charge is 0.456 e. The molecule has 0 aliphatic carbocycles. The van der Waals surface area contributed by atoms with Crippen LogP contribution >= 0.6 is 0 Å². The first-order chi connectivity index (χ1) is 18.1. The van der Waals surface area contributed by atoms with Crippen LogP contribution in [0.1, 0.15) is 5.56 Å². The van der Waals surface area contributed by atoms with E-state index in [9.17, 15) is 4.21 Å². The number of rotatable bonds is 3. The topological polar surface area (TPSA) is 54.9 Å². The highest BCUT2D eigenvalue weighted by Crippen LogP contribution is 2.37. The lowest BCUT2D eigenvalue weighted by atomic mass is 9.98. The van der Waals surface area contributed by atoms with Gasteiger partial charge in [0.25, 0.3) is 0 Å². The van der Waals surface area contributed by atoms with Crippen LogP contribution in [-0.4, -0.2) is 16.3 Å². The van der Waals surface area contributed by atoms with Crippen LogP contribution in [0.25, 0.3) is 44.2 Å². The third kappa shape index (κ3) is 3.67. The molecular weight excluding hydrogens is 476 g/mol. The van der Waals surface area contributed by atoms with Gasteiger partial charge in [-0.2, -0.15) is 4.36 Å². The van der Waals surface area contributed by atoms with E-state index < -0.39 is 9.73 Å². The van der Waals surface area contributed by atoms with Crippen LogP contribution in [0.2, 0.25) is 0 Å². The van der Waals surface area contributed by atoms with Crippen molar-refractivity contribution in [3.63, 3.8) is 0 Å². The molecule has 0 N–H and O–H groups in total. The summed E-state index contributed by atoms with van der Waals surface area (Å²) in [5.41, 5.74) is 7.66. The number of amidine groups is 1. The second-order valence-electron chi connectivity index (χ2n) is 9.23. The average molecular weight is 499 g/mol. The highest BCUT2D eigenvalue weighted by atomic mass is 32.2. The summed E-state index contributed by atoms with van der Waals surface area (Å²) in [6, 6.07) is 38.6. The van der Waals surface area contributed by atoms with Gasteiger partial charge in [-0.15, -0.1) is 0 Å². The Morgan fingerprint density at radius 3 is 2.14 bits per heavy atom. The van der Waals surface area contributed by atoms with Crippen LogP contribution in [-0.2, 0) is 9.73 Å². The Morgan fingerprint density at radius 1 is 0.649 bits per heavy atom. The zero-order chi connectivity index (χ0) is 25.0. The lowest BCUT2D eigenvalue weighted by Gasteiger charge is -2.15. The molecule has 1 aliphatic heterocycles. The van der Waals surface area contributed by atoms with E-state index in [2.05, 4.69) is 65.0 Å². The van der Waals surface area contributed by atoms with E-state index in [1.54, 1.807) is 6.26 Å². The Bertz CT molecular complexity index is 1980. The van der Waals surface area contributed by atoms with E-state index >= 15 is 0 Å². The summed E-state index contributed by atoms with van der Waals surface area (Å²) in [4.78, 5) is 5.47. The first kappa shape index (κ1) is 21.8. The third-order valence-electron chi connectivity index (χ3n) is 6.82. The second-order valence-corrected chi connectivity index (χ2v) is 11.5.